The maximum Gasteiger partial charge on any atom is 0.253 e. The monoisotopic (exact) mass is 252 g/mol. The van der Waals surface area contributed by atoms with E-state index in [9.17, 15) is 17.6 Å². The van der Waals surface area contributed by atoms with E-state index in [0.717, 1.165) is 0 Å². The fourth-order valence-electron chi connectivity index (χ4n) is 1.03. The fourth-order valence-corrected chi connectivity index (χ4v) is 1.03. The number of hydrogen-bond acceptors (Lipinski definition) is 3. The maximum atomic E-state index is 13.2. The van der Waals surface area contributed by atoms with Crippen molar-refractivity contribution in [3.8, 4) is 0 Å². The zero-order chi connectivity index (χ0) is 13.2. The van der Waals surface area contributed by atoms with Gasteiger partial charge < -0.3 is 10.4 Å². The minimum atomic E-state index is -1.71. The second-order valence-corrected chi connectivity index (χ2v) is 4.37. The summed E-state index contributed by atoms with van der Waals surface area (Å²) in [5.41, 5.74) is -1.61. The highest BCUT2D eigenvalue weighted by Crippen LogP contribution is 2.24. The SMILES string of the molecule is CC(C)(CO)CNc1c(F)c(F)nc(F)c1F. The third-order valence-corrected chi connectivity index (χ3v) is 2.17. The first-order valence-corrected chi connectivity index (χ1v) is 4.83. The van der Waals surface area contributed by atoms with Gasteiger partial charge in [-0.1, -0.05) is 13.8 Å². The fraction of sp³-hybridized carbons (Fsp3) is 0.500. The molecule has 17 heavy (non-hydrogen) atoms. The Morgan fingerprint density at radius 3 is 2.00 bits per heavy atom. The number of aliphatic hydroxyl groups is 1. The van der Waals surface area contributed by atoms with Crippen molar-refractivity contribution in [3.05, 3.63) is 23.5 Å². The van der Waals surface area contributed by atoms with Gasteiger partial charge in [0.2, 0.25) is 11.6 Å². The molecule has 1 aromatic rings. The molecule has 0 atom stereocenters. The van der Waals surface area contributed by atoms with E-state index < -0.39 is 34.6 Å². The summed E-state index contributed by atoms with van der Waals surface area (Å²) >= 11 is 0. The molecule has 0 aromatic carbocycles. The molecule has 0 amide bonds. The largest absolute Gasteiger partial charge is 0.396 e. The molecule has 3 nitrogen and oxygen atoms in total. The molecule has 0 unspecified atom stereocenters. The topological polar surface area (TPSA) is 45.1 Å². The minimum absolute atomic E-state index is 0.0553. The average Bonchev–Trinajstić information content (AvgIpc) is 2.26. The van der Waals surface area contributed by atoms with E-state index in [2.05, 4.69) is 10.3 Å². The van der Waals surface area contributed by atoms with Gasteiger partial charge in [-0.05, 0) is 0 Å². The van der Waals surface area contributed by atoms with Crippen LogP contribution in [-0.4, -0.2) is 23.2 Å². The normalized spacial score (nSPS) is 11.7. The summed E-state index contributed by atoms with van der Waals surface area (Å²) in [6.45, 7) is 2.92. The number of anilines is 1. The van der Waals surface area contributed by atoms with Crippen LogP contribution in [0.4, 0.5) is 23.2 Å². The lowest BCUT2D eigenvalue weighted by atomic mass is 9.95. The van der Waals surface area contributed by atoms with Gasteiger partial charge in [0.15, 0.2) is 0 Å². The summed E-state index contributed by atoms with van der Waals surface area (Å²) in [4.78, 5) is 2.43. The maximum absolute atomic E-state index is 13.2. The first-order chi connectivity index (χ1) is 7.78. The molecule has 0 fully saturated rings. The molecule has 0 saturated heterocycles. The van der Waals surface area contributed by atoms with Gasteiger partial charge in [0.05, 0.1) is 0 Å². The molecule has 1 heterocycles. The Balaban J connectivity index is 2.99. The van der Waals surface area contributed by atoms with Crippen LogP contribution in [0.1, 0.15) is 13.8 Å². The number of nitrogens with one attached hydrogen (secondary N) is 1. The van der Waals surface area contributed by atoms with E-state index in [1.54, 1.807) is 13.8 Å². The lowest BCUT2D eigenvalue weighted by Gasteiger charge is -2.22. The van der Waals surface area contributed by atoms with Gasteiger partial charge in [-0.15, -0.1) is 0 Å². The highest BCUT2D eigenvalue weighted by Gasteiger charge is 2.23. The molecule has 0 radical (unpaired) electrons. The van der Waals surface area contributed by atoms with E-state index in [1.807, 2.05) is 0 Å². The lowest BCUT2D eigenvalue weighted by Crippen LogP contribution is -2.27. The summed E-state index contributed by atoms with van der Waals surface area (Å²) in [7, 11) is 0. The van der Waals surface area contributed by atoms with Crippen molar-refractivity contribution in [2.45, 2.75) is 13.8 Å². The van der Waals surface area contributed by atoms with Gasteiger partial charge in [-0.3, -0.25) is 0 Å². The van der Waals surface area contributed by atoms with Crippen molar-refractivity contribution in [3.63, 3.8) is 0 Å². The van der Waals surface area contributed by atoms with Gasteiger partial charge >= 0.3 is 0 Å². The number of pyridine rings is 1. The Kier molecular flexibility index (Phi) is 3.92. The first-order valence-electron chi connectivity index (χ1n) is 4.83. The molecule has 0 aliphatic rings. The number of aliphatic hydroxyl groups excluding tert-OH is 1. The summed E-state index contributed by atoms with van der Waals surface area (Å²) in [5, 5.41) is 11.2. The van der Waals surface area contributed by atoms with Gasteiger partial charge in [0, 0.05) is 18.6 Å². The Hall–Kier alpha value is -1.37. The highest BCUT2D eigenvalue weighted by atomic mass is 19.2. The summed E-state index contributed by atoms with van der Waals surface area (Å²) in [6.07, 6.45) is 0. The number of hydrogen-bond donors (Lipinski definition) is 2. The van der Waals surface area contributed by atoms with Crippen LogP contribution in [-0.2, 0) is 0 Å². The van der Waals surface area contributed by atoms with Crippen molar-refractivity contribution in [1.29, 1.82) is 0 Å². The van der Waals surface area contributed by atoms with E-state index in [0.29, 0.717) is 0 Å². The second kappa shape index (κ2) is 4.87. The van der Waals surface area contributed by atoms with Gasteiger partial charge in [-0.2, -0.15) is 22.5 Å². The molecule has 0 saturated carbocycles. The standard InChI is InChI=1S/C10H12F4N2O/c1-10(2,4-17)3-15-7-5(11)8(13)16-9(14)6(7)12/h17H,3-4H2,1-2H3,(H,15,16). The van der Waals surface area contributed by atoms with E-state index in [1.165, 1.54) is 0 Å². The molecular weight excluding hydrogens is 240 g/mol. The van der Waals surface area contributed by atoms with Gasteiger partial charge in [0.1, 0.15) is 5.69 Å². The smallest absolute Gasteiger partial charge is 0.253 e. The van der Waals surface area contributed by atoms with Crippen molar-refractivity contribution in [2.75, 3.05) is 18.5 Å². The number of halogens is 4. The lowest BCUT2D eigenvalue weighted by molar-refractivity contribution is 0.170. The molecule has 2 N–H and O–H groups in total. The van der Waals surface area contributed by atoms with Crippen LogP contribution in [0.5, 0.6) is 0 Å². The molecule has 0 bridgehead atoms. The van der Waals surface area contributed by atoms with Crippen LogP contribution in [0, 0.1) is 28.9 Å². The summed E-state index contributed by atoms with van der Waals surface area (Å²) in [6, 6.07) is 0. The second-order valence-electron chi connectivity index (χ2n) is 4.37. The molecule has 96 valence electrons. The predicted octanol–water partition coefficient (Wildman–Crippen LogP) is 2.07. The molecule has 1 aromatic heterocycles. The molecule has 7 heteroatoms. The van der Waals surface area contributed by atoms with E-state index in [4.69, 9.17) is 5.11 Å². The van der Waals surface area contributed by atoms with Crippen LogP contribution in [0.2, 0.25) is 0 Å². The van der Waals surface area contributed by atoms with Crippen LogP contribution in [0.15, 0.2) is 0 Å². The van der Waals surface area contributed by atoms with Crippen LogP contribution in [0.25, 0.3) is 0 Å². The van der Waals surface area contributed by atoms with Crippen LogP contribution in [0.3, 0.4) is 0 Å². The van der Waals surface area contributed by atoms with Crippen LogP contribution < -0.4 is 5.32 Å². The highest BCUT2D eigenvalue weighted by molar-refractivity contribution is 5.45. The molecule has 0 aliphatic heterocycles. The van der Waals surface area contributed by atoms with Gasteiger partial charge in [-0.25, -0.2) is 0 Å². The zero-order valence-corrected chi connectivity index (χ0v) is 9.32. The van der Waals surface area contributed by atoms with E-state index >= 15 is 0 Å². The Bertz CT molecular complexity index is 397. The average molecular weight is 252 g/mol. The van der Waals surface area contributed by atoms with Crippen molar-refractivity contribution in [1.82, 2.24) is 4.98 Å². The predicted molar refractivity (Wildman–Crippen MR) is 53.4 cm³/mol. The number of rotatable bonds is 4. The van der Waals surface area contributed by atoms with Crippen molar-refractivity contribution >= 4 is 5.69 Å². The quantitative estimate of drug-likeness (QED) is 0.637. The van der Waals surface area contributed by atoms with Gasteiger partial charge in [0.25, 0.3) is 11.9 Å². The minimum Gasteiger partial charge on any atom is -0.396 e. The molecule has 0 aliphatic carbocycles. The summed E-state index contributed by atoms with van der Waals surface area (Å²) < 4.78 is 51.8. The molecule has 0 spiro atoms. The Labute approximate surface area is 95.5 Å². The van der Waals surface area contributed by atoms with Crippen molar-refractivity contribution < 1.29 is 22.7 Å². The van der Waals surface area contributed by atoms with Crippen LogP contribution >= 0.6 is 0 Å². The summed E-state index contributed by atoms with van der Waals surface area (Å²) in [5.74, 6) is -6.60. The van der Waals surface area contributed by atoms with Crippen molar-refractivity contribution in [2.24, 2.45) is 5.41 Å². The number of nitrogens with zero attached hydrogens (tertiary/aromatic N) is 1. The van der Waals surface area contributed by atoms with E-state index in [-0.39, 0.29) is 13.2 Å². The Morgan fingerprint density at radius 1 is 1.12 bits per heavy atom. The first kappa shape index (κ1) is 13.7. The molecule has 1 rings (SSSR count). The third kappa shape index (κ3) is 3.06. The number of aromatic nitrogens is 1. The third-order valence-electron chi connectivity index (χ3n) is 2.17. The Morgan fingerprint density at radius 2 is 1.59 bits per heavy atom. The zero-order valence-electron chi connectivity index (χ0n) is 9.32. The molecular formula is C10H12F4N2O.